The number of azide groups is 1. The van der Waals surface area contributed by atoms with Gasteiger partial charge < -0.3 is 30.0 Å². The summed E-state index contributed by atoms with van der Waals surface area (Å²) in [6.45, 7) is 0.549. The molecule has 0 radical (unpaired) electrons. The van der Waals surface area contributed by atoms with E-state index in [1.165, 1.54) is 6.92 Å². The molecule has 0 saturated carbocycles. The van der Waals surface area contributed by atoms with Crippen LogP contribution in [0, 0.1) is 0 Å². The molecule has 98 valence electrons. The van der Waals surface area contributed by atoms with Crippen molar-refractivity contribution < 1.29 is 30.0 Å². The summed E-state index contributed by atoms with van der Waals surface area (Å²) in [5, 5.41) is 39.5. The van der Waals surface area contributed by atoms with E-state index in [2.05, 4.69) is 10.0 Å². The number of aliphatic hydroxyl groups excluding tert-OH is 4. The van der Waals surface area contributed by atoms with Crippen LogP contribution in [-0.4, -0.2) is 64.0 Å². The average molecular weight is 249 g/mol. The molecular formula is C8H15N3O6. The molecule has 4 N–H and O–H groups in total. The maximum Gasteiger partial charge on any atom is 0.151 e. The zero-order chi connectivity index (χ0) is 13.4. The second-order valence-electron chi connectivity index (χ2n) is 3.27. The molecule has 17 heavy (non-hydrogen) atoms. The highest BCUT2D eigenvalue weighted by molar-refractivity contribution is 5.57. The van der Waals surface area contributed by atoms with Gasteiger partial charge in [-0.05, 0) is 12.5 Å². The van der Waals surface area contributed by atoms with Crippen LogP contribution in [0.15, 0.2) is 5.11 Å². The van der Waals surface area contributed by atoms with Crippen molar-refractivity contribution >= 4 is 6.29 Å². The number of ether oxygens (including phenoxy) is 1. The molecule has 0 aromatic carbocycles. The fourth-order valence-corrected chi connectivity index (χ4v) is 1.05. The van der Waals surface area contributed by atoms with Gasteiger partial charge in [-0.2, -0.15) is 0 Å². The standard InChI is InChI=1S/C8H15N3O6/c1-4(10-11-9)17-6(3-13)8(16)7(15)5(14)2-12/h3-8,12,14-16H,2H2,1H3/t4?,5-,6+,7-,8-/m1/s1. The van der Waals surface area contributed by atoms with E-state index in [4.69, 9.17) is 20.5 Å². The van der Waals surface area contributed by atoms with E-state index >= 15 is 0 Å². The molecule has 0 aromatic heterocycles. The summed E-state index contributed by atoms with van der Waals surface area (Å²) in [5.74, 6) is 0. The molecule has 0 aliphatic heterocycles. The largest absolute Gasteiger partial charge is 0.394 e. The number of carbonyl (C=O) groups excluding carboxylic acids is 1. The predicted octanol–water partition coefficient (Wildman–Crippen LogP) is -1.70. The molecule has 0 saturated heterocycles. The van der Waals surface area contributed by atoms with E-state index < -0.39 is 37.3 Å². The smallest absolute Gasteiger partial charge is 0.151 e. The van der Waals surface area contributed by atoms with Crippen LogP contribution in [0.25, 0.3) is 10.4 Å². The number of hydrogen-bond acceptors (Lipinski definition) is 7. The molecule has 5 atom stereocenters. The Morgan fingerprint density at radius 1 is 1.41 bits per heavy atom. The first-order chi connectivity index (χ1) is 7.97. The van der Waals surface area contributed by atoms with Crippen molar-refractivity contribution in [2.45, 2.75) is 37.6 Å². The summed E-state index contributed by atoms with van der Waals surface area (Å²) in [6, 6.07) is 0. The maximum absolute atomic E-state index is 10.6. The van der Waals surface area contributed by atoms with Crippen molar-refractivity contribution in [2.75, 3.05) is 6.61 Å². The molecule has 0 rings (SSSR count). The minimum Gasteiger partial charge on any atom is -0.394 e. The van der Waals surface area contributed by atoms with Gasteiger partial charge in [-0.1, -0.05) is 5.11 Å². The molecule has 1 unspecified atom stereocenters. The van der Waals surface area contributed by atoms with Gasteiger partial charge in [0.15, 0.2) is 6.29 Å². The van der Waals surface area contributed by atoms with Crippen molar-refractivity contribution in [3.05, 3.63) is 10.4 Å². The first-order valence-corrected chi connectivity index (χ1v) is 4.78. The number of nitrogens with zero attached hydrogens (tertiary/aromatic N) is 3. The van der Waals surface area contributed by atoms with Crippen LogP contribution in [0.1, 0.15) is 6.92 Å². The lowest BCUT2D eigenvalue weighted by Crippen LogP contribution is -2.48. The van der Waals surface area contributed by atoms with Crippen LogP contribution < -0.4 is 0 Å². The van der Waals surface area contributed by atoms with Gasteiger partial charge in [0.05, 0.1) is 6.61 Å². The molecule has 9 heteroatoms. The van der Waals surface area contributed by atoms with Crippen molar-refractivity contribution in [2.24, 2.45) is 5.11 Å². The van der Waals surface area contributed by atoms with E-state index in [9.17, 15) is 15.0 Å². The minimum atomic E-state index is -1.76. The first kappa shape index (κ1) is 15.8. The lowest BCUT2D eigenvalue weighted by atomic mass is 10.0. The molecule has 0 aliphatic rings. The summed E-state index contributed by atoms with van der Waals surface area (Å²) in [5.41, 5.74) is 8.10. The number of rotatable bonds is 8. The SMILES string of the molecule is CC(N=[N+]=[N-])O[C@@H](C=O)[C@@H](O)[C@H](O)[C@H](O)CO. The molecule has 0 amide bonds. The van der Waals surface area contributed by atoms with Gasteiger partial charge in [-0.25, -0.2) is 0 Å². The molecule has 0 fully saturated rings. The Kier molecular flexibility index (Phi) is 7.39. The van der Waals surface area contributed by atoms with Gasteiger partial charge in [0.1, 0.15) is 30.6 Å². The molecule has 0 aliphatic carbocycles. The molecule has 9 nitrogen and oxygen atoms in total. The topological polar surface area (TPSA) is 156 Å². The second-order valence-corrected chi connectivity index (χ2v) is 3.27. The normalized spacial score (nSPS) is 19.6. The van der Waals surface area contributed by atoms with E-state index in [0.29, 0.717) is 0 Å². The Hall–Kier alpha value is -1.22. The van der Waals surface area contributed by atoms with Crippen molar-refractivity contribution in [1.82, 2.24) is 0 Å². The fourth-order valence-electron chi connectivity index (χ4n) is 1.05. The van der Waals surface area contributed by atoms with E-state index in [-0.39, 0.29) is 6.29 Å². The number of aliphatic hydroxyl groups is 4. The predicted molar refractivity (Wildman–Crippen MR) is 54.7 cm³/mol. The monoisotopic (exact) mass is 249 g/mol. The third-order valence-corrected chi connectivity index (χ3v) is 1.97. The van der Waals surface area contributed by atoms with Crippen LogP contribution >= 0.6 is 0 Å². The summed E-state index contributed by atoms with van der Waals surface area (Å²) in [6.07, 6.45) is -7.42. The summed E-state index contributed by atoms with van der Waals surface area (Å²) < 4.78 is 4.83. The number of aldehydes is 1. The van der Waals surface area contributed by atoms with Gasteiger partial charge in [0, 0.05) is 4.91 Å². The van der Waals surface area contributed by atoms with Crippen LogP contribution in [0.3, 0.4) is 0 Å². The van der Waals surface area contributed by atoms with E-state index in [0.717, 1.165) is 0 Å². The number of hydrogen-bond donors (Lipinski definition) is 4. The fraction of sp³-hybridized carbons (Fsp3) is 0.875. The second kappa shape index (κ2) is 7.96. The van der Waals surface area contributed by atoms with Crippen LogP contribution in [0.5, 0.6) is 0 Å². The van der Waals surface area contributed by atoms with E-state index in [1.807, 2.05) is 0 Å². The Bertz CT molecular complexity index is 282. The quantitative estimate of drug-likeness (QED) is 0.174. The van der Waals surface area contributed by atoms with Gasteiger partial charge >= 0.3 is 0 Å². The molecule has 0 spiro atoms. The average Bonchev–Trinajstić information content (AvgIpc) is 2.33. The van der Waals surface area contributed by atoms with Gasteiger partial charge in [-0.3, -0.25) is 0 Å². The Morgan fingerprint density at radius 3 is 2.41 bits per heavy atom. The Labute approximate surface area is 96.9 Å². The highest BCUT2D eigenvalue weighted by Gasteiger charge is 2.32. The third kappa shape index (κ3) is 5.09. The highest BCUT2D eigenvalue weighted by Crippen LogP contribution is 2.09. The zero-order valence-electron chi connectivity index (χ0n) is 9.12. The van der Waals surface area contributed by atoms with Crippen LogP contribution in [-0.2, 0) is 9.53 Å². The maximum atomic E-state index is 10.6. The Balaban J connectivity index is 4.54. The summed E-state index contributed by atoms with van der Waals surface area (Å²) >= 11 is 0. The Morgan fingerprint density at radius 2 is 2.00 bits per heavy atom. The van der Waals surface area contributed by atoms with Crippen molar-refractivity contribution in [3.8, 4) is 0 Å². The lowest BCUT2D eigenvalue weighted by molar-refractivity contribution is -0.153. The molecule has 0 bridgehead atoms. The van der Waals surface area contributed by atoms with Crippen molar-refractivity contribution in [1.29, 1.82) is 0 Å². The van der Waals surface area contributed by atoms with Crippen molar-refractivity contribution in [3.63, 3.8) is 0 Å². The van der Waals surface area contributed by atoms with Crippen LogP contribution in [0.4, 0.5) is 0 Å². The lowest BCUT2D eigenvalue weighted by Gasteiger charge is -2.26. The third-order valence-electron chi connectivity index (χ3n) is 1.97. The summed E-state index contributed by atoms with van der Waals surface area (Å²) in [4.78, 5) is 13.1. The number of carbonyl (C=O) groups is 1. The van der Waals surface area contributed by atoms with Crippen LogP contribution in [0.2, 0.25) is 0 Å². The first-order valence-electron chi connectivity index (χ1n) is 4.78. The molecule has 0 heterocycles. The zero-order valence-corrected chi connectivity index (χ0v) is 9.12. The van der Waals surface area contributed by atoms with Gasteiger partial charge in [-0.15, -0.1) is 0 Å². The highest BCUT2D eigenvalue weighted by atomic mass is 16.5. The summed E-state index contributed by atoms with van der Waals surface area (Å²) in [7, 11) is 0. The minimum absolute atomic E-state index is 0.196. The van der Waals surface area contributed by atoms with Gasteiger partial charge in [0.2, 0.25) is 0 Å². The van der Waals surface area contributed by atoms with E-state index in [1.54, 1.807) is 0 Å². The molecule has 0 aromatic rings. The molecular weight excluding hydrogens is 234 g/mol. The van der Waals surface area contributed by atoms with Gasteiger partial charge in [0.25, 0.3) is 0 Å².